The van der Waals surface area contributed by atoms with Crippen molar-refractivity contribution >= 4 is 12.0 Å². The van der Waals surface area contributed by atoms with Crippen molar-refractivity contribution in [3.8, 4) is 0 Å². The summed E-state index contributed by atoms with van der Waals surface area (Å²) < 4.78 is 5.13. The van der Waals surface area contributed by atoms with Crippen LogP contribution in [-0.4, -0.2) is 48.2 Å². The molecule has 2 amide bonds. The van der Waals surface area contributed by atoms with Crippen molar-refractivity contribution in [2.75, 3.05) is 19.6 Å². The summed E-state index contributed by atoms with van der Waals surface area (Å²) in [6.07, 6.45) is 4.87. The third-order valence-electron chi connectivity index (χ3n) is 3.20. The van der Waals surface area contributed by atoms with Crippen LogP contribution < -0.4 is 11.1 Å². The van der Waals surface area contributed by atoms with Crippen LogP contribution in [0.4, 0.5) is 4.79 Å². The van der Waals surface area contributed by atoms with Gasteiger partial charge in [-0.2, -0.15) is 0 Å². The molecule has 0 aromatic rings. The molecular weight excluding hydrogens is 270 g/mol. The summed E-state index contributed by atoms with van der Waals surface area (Å²) in [5, 5.41) is 2.67. The van der Waals surface area contributed by atoms with E-state index >= 15 is 0 Å². The molecule has 1 heterocycles. The lowest BCUT2D eigenvalue weighted by Crippen LogP contribution is -2.46. The second kappa shape index (κ2) is 8.22. The molecule has 0 saturated carbocycles. The lowest BCUT2D eigenvalue weighted by Gasteiger charge is -2.29. The summed E-state index contributed by atoms with van der Waals surface area (Å²) >= 11 is 0. The van der Waals surface area contributed by atoms with Gasteiger partial charge in [0.2, 0.25) is 5.91 Å². The van der Waals surface area contributed by atoms with Gasteiger partial charge in [-0.15, -0.1) is 0 Å². The minimum Gasteiger partial charge on any atom is -0.444 e. The molecular formula is C15H28N3O3. The van der Waals surface area contributed by atoms with E-state index in [1.54, 1.807) is 0 Å². The Hall–Kier alpha value is -1.30. The molecule has 0 bridgehead atoms. The molecule has 1 aliphatic rings. The SMILES string of the molecule is CC(C)(C)OC(=O)NCCC[C@@H](N)C(=O)N1CC[CH]CC1. The highest BCUT2D eigenvalue weighted by molar-refractivity contribution is 5.81. The maximum Gasteiger partial charge on any atom is 0.407 e. The van der Waals surface area contributed by atoms with E-state index in [0.717, 1.165) is 25.9 Å². The number of nitrogens with one attached hydrogen (secondary N) is 1. The van der Waals surface area contributed by atoms with Crippen LogP contribution in [0.25, 0.3) is 0 Å². The Bertz CT molecular complexity index is 347. The molecule has 1 fully saturated rings. The molecule has 6 heteroatoms. The number of ether oxygens (including phenoxy) is 1. The molecule has 121 valence electrons. The standard InChI is InChI=1S/C15H28N3O3/c1-15(2,3)21-14(20)17-9-7-8-12(16)13(19)18-10-5-4-6-11-18/h4,12H,5-11,16H2,1-3H3,(H,17,20)/t12-/m1/s1. The van der Waals surface area contributed by atoms with E-state index in [-0.39, 0.29) is 5.91 Å². The van der Waals surface area contributed by atoms with Gasteiger partial charge in [0.05, 0.1) is 6.04 Å². The molecule has 21 heavy (non-hydrogen) atoms. The Morgan fingerprint density at radius 3 is 2.52 bits per heavy atom. The van der Waals surface area contributed by atoms with E-state index < -0.39 is 17.7 Å². The molecule has 0 spiro atoms. The highest BCUT2D eigenvalue weighted by Gasteiger charge is 2.22. The van der Waals surface area contributed by atoms with Gasteiger partial charge in [0, 0.05) is 19.6 Å². The van der Waals surface area contributed by atoms with Crippen LogP contribution in [-0.2, 0) is 9.53 Å². The summed E-state index contributed by atoms with van der Waals surface area (Å²) in [6.45, 7) is 7.45. The number of likely N-dealkylation sites (tertiary alicyclic amines) is 1. The zero-order chi connectivity index (χ0) is 15.9. The first-order chi connectivity index (χ1) is 9.79. The van der Waals surface area contributed by atoms with Gasteiger partial charge in [-0.25, -0.2) is 4.79 Å². The third-order valence-corrected chi connectivity index (χ3v) is 3.20. The third kappa shape index (κ3) is 7.32. The molecule has 0 unspecified atom stereocenters. The number of rotatable bonds is 5. The Balaban J connectivity index is 2.16. The molecule has 1 saturated heterocycles. The van der Waals surface area contributed by atoms with E-state index in [1.807, 2.05) is 25.7 Å². The summed E-state index contributed by atoms with van der Waals surface area (Å²) in [5.41, 5.74) is 5.42. The second-order valence-electron chi connectivity index (χ2n) is 6.37. The summed E-state index contributed by atoms with van der Waals surface area (Å²) in [7, 11) is 0. The minimum absolute atomic E-state index is 0.0142. The molecule has 1 radical (unpaired) electrons. The van der Waals surface area contributed by atoms with Gasteiger partial charge < -0.3 is 20.7 Å². The first-order valence-electron chi connectivity index (χ1n) is 7.62. The van der Waals surface area contributed by atoms with Crippen LogP contribution >= 0.6 is 0 Å². The second-order valence-corrected chi connectivity index (χ2v) is 6.37. The molecule has 1 atom stereocenters. The van der Waals surface area contributed by atoms with E-state index in [4.69, 9.17) is 10.5 Å². The maximum atomic E-state index is 12.1. The highest BCUT2D eigenvalue weighted by atomic mass is 16.6. The van der Waals surface area contributed by atoms with E-state index in [2.05, 4.69) is 11.7 Å². The van der Waals surface area contributed by atoms with Crippen molar-refractivity contribution in [3.63, 3.8) is 0 Å². The van der Waals surface area contributed by atoms with E-state index in [0.29, 0.717) is 19.4 Å². The fourth-order valence-corrected chi connectivity index (χ4v) is 2.16. The van der Waals surface area contributed by atoms with Gasteiger partial charge in [0.15, 0.2) is 0 Å². The van der Waals surface area contributed by atoms with Crippen LogP contribution in [0.15, 0.2) is 0 Å². The Morgan fingerprint density at radius 2 is 1.95 bits per heavy atom. The number of piperidine rings is 1. The molecule has 0 aliphatic carbocycles. The minimum atomic E-state index is -0.498. The van der Waals surface area contributed by atoms with Gasteiger partial charge in [0.1, 0.15) is 5.60 Å². The van der Waals surface area contributed by atoms with Gasteiger partial charge in [-0.1, -0.05) is 0 Å². The Morgan fingerprint density at radius 1 is 1.33 bits per heavy atom. The molecule has 1 rings (SSSR count). The monoisotopic (exact) mass is 298 g/mol. The van der Waals surface area contributed by atoms with Crippen LogP contribution in [0.5, 0.6) is 0 Å². The molecule has 3 N–H and O–H groups in total. The zero-order valence-corrected chi connectivity index (χ0v) is 13.4. The Labute approximate surface area is 127 Å². The van der Waals surface area contributed by atoms with Gasteiger partial charge in [-0.3, -0.25) is 4.79 Å². The number of hydrogen-bond acceptors (Lipinski definition) is 4. The summed E-state index contributed by atoms with van der Waals surface area (Å²) in [4.78, 5) is 25.4. The average Bonchev–Trinajstić information content (AvgIpc) is 2.41. The van der Waals surface area contributed by atoms with Gasteiger partial charge >= 0.3 is 6.09 Å². The maximum absolute atomic E-state index is 12.1. The fraction of sp³-hybridized carbons (Fsp3) is 0.800. The number of alkyl carbamates (subject to hydrolysis) is 1. The number of amides is 2. The number of carbonyl (C=O) groups is 2. The van der Waals surface area contributed by atoms with Crippen LogP contribution in [0, 0.1) is 6.42 Å². The molecule has 6 nitrogen and oxygen atoms in total. The number of hydrogen-bond donors (Lipinski definition) is 2. The van der Waals surface area contributed by atoms with Crippen LogP contribution in [0.1, 0.15) is 46.5 Å². The number of nitrogens with two attached hydrogens (primary N) is 1. The zero-order valence-electron chi connectivity index (χ0n) is 13.4. The van der Waals surface area contributed by atoms with Crippen molar-refractivity contribution in [1.82, 2.24) is 10.2 Å². The van der Waals surface area contributed by atoms with Crippen molar-refractivity contribution < 1.29 is 14.3 Å². The Kier molecular flexibility index (Phi) is 6.95. The summed E-state index contributed by atoms with van der Waals surface area (Å²) in [5.74, 6) is 0.0142. The molecule has 1 aliphatic heterocycles. The fourth-order valence-electron chi connectivity index (χ4n) is 2.16. The van der Waals surface area contributed by atoms with Gasteiger partial charge in [0.25, 0.3) is 0 Å². The van der Waals surface area contributed by atoms with E-state index in [1.165, 1.54) is 0 Å². The average molecular weight is 298 g/mol. The molecule has 0 aromatic carbocycles. The first kappa shape index (κ1) is 17.8. The summed E-state index contributed by atoms with van der Waals surface area (Å²) in [6, 6.07) is -0.483. The predicted molar refractivity (Wildman–Crippen MR) is 81.6 cm³/mol. The molecule has 0 aromatic heterocycles. The first-order valence-corrected chi connectivity index (χ1v) is 7.62. The van der Waals surface area contributed by atoms with E-state index in [9.17, 15) is 9.59 Å². The van der Waals surface area contributed by atoms with Crippen LogP contribution in [0.2, 0.25) is 0 Å². The topological polar surface area (TPSA) is 84.7 Å². The van der Waals surface area contributed by atoms with Crippen molar-refractivity contribution in [2.45, 2.75) is 58.1 Å². The smallest absolute Gasteiger partial charge is 0.407 e. The van der Waals surface area contributed by atoms with Crippen molar-refractivity contribution in [2.24, 2.45) is 5.73 Å². The van der Waals surface area contributed by atoms with Gasteiger partial charge in [-0.05, 0) is 52.9 Å². The predicted octanol–water partition coefficient (Wildman–Crippen LogP) is 1.45. The number of carbonyl (C=O) groups excluding carboxylic acids is 2. The normalized spacial score (nSPS) is 17.2. The lowest BCUT2D eigenvalue weighted by atomic mass is 10.1. The number of nitrogens with zero attached hydrogens (tertiary/aromatic N) is 1. The van der Waals surface area contributed by atoms with Crippen molar-refractivity contribution in [3.05, 3.63) is 6.42 Å². The lowest BCUT2D eigenvalue weighted by molar-refractivity contribution is -0.133. The van der Waals surface area contributed by atoms with Crippen molar-refractivity contribution in [1.29, 1.82) is 0 Å². The largest absolute Gasteiger partial charge is 0.444 e. The van der Waals surface area contributed by atoms with Crippen LogP contribution in [0.3, 0.4) is 0 Å². The highest BCUT2D eigenvalue weighted by Crippen LogP contribution is 2.10. The quantitative estimate of drug-likeness (QED) is 0.752.